The number of anilines is 2. The molecule has 0 saturated carbocycles. The van der Waals surface area contributed by atoms with Gasteiger partial charge in [-0.05, 0) is 30.9 Å². The number of piperidine rings is 1. The normalized spacial score (nSPS) is 17.1. The minimum Gasteiger partial charge on any atom is -0.348 e. The van der Waals surface area contributed by atoms with Crippen LogP contribution in [0, 0.1) is 11.7 Å². The number of thiazole rings is 1. The van der Waals surface area contributed by atoms with Crippen molar-refractivity contribution in [3.63, 3.8) is 0 Å². The van der Waals surface area contributed by atoms with Gasteiger partial charge < -0.3 is 10.2 Å². The monoisotopic (exact) mass is 401 g/mol. The summed E-state index contributed by atoms with van der Waals surface area (Å²) in [6.45, 7) is 3.80. The highest BCUT2D eigenvalue weighted by molar-refractivity contribution is 7.22. The molecule has 0 radical (unpaired) electrons. The lowest BCUT2D eigenvalue weighted by Gasteiger charge is -2.30. The fourth-order valence-electron chi connectivity index (χ4n) is 3.35. The number of para-hydroxylation sites is 1. The summed E-state index contributed by atoms with van der Waals surface area (Å²) in [5.74, 6) is -0.435. The molecule has 1 N–H and O–H groups in total. The maximum Gasteiger partial charge on any atom is 0.273 e. The lowest BCUT2D eigenvalue weighted by atomic mass is 10.0. The third-order valence-electron chi connectivity index (χ3n) is 4.76. The second-order valence-corrected chi connectivity index (χ2v) is 8.03. The van der Waals surface area contributed by atoms with Gasteiger partial charge in [0.2, 0.25) is 5.91 Å². The molecule has 0 bridgehead atoms. The zero-order valence-corrected chi connectivity index (χ0v) is 16.2. The number of nitrogens with one attached hydrogen (secondary N) is 1. The zero-order chi connectivity index (χ0) is 19.7. The van der Waals surface area contributed by atoms with Crippen LogP contribution in [0.5, 0.6) is 0 Å². The summed E-state index contributed by atoms with van der Waals surface area (Å²) in [5, 5.41) is 3.27. The van der Waals surface area contributed by atoms with E-state index in [-0.39, 0.29) is 17.8 Å². The minimum atomic E-state index is -0.528. The summed E-state index contributed by atoms with van der Waals surface area (Å²) in [4.78, 5) is 35.9. The third kappa shape index (κ3) is 3.75. The summed E-state index contributed by atoms with van der Waals surface area (Å²) in [7, 11) is 0. The zero-order valence-electron chi connectivity index (χ0n) is 15.4. The van der Waals surface area contributed by atoms with Crippen molar-refractivity contribution in [2.45, 2.75) is 26.3 Å². The number of aromatic nitrogens is 3. The first-order valence-corrected chi connectivity index (χ1v) is 9.98. The van der Waals surface area contributed by atoms with Crippen molar-refractivity contribution in [1.29, 1.82) is 0 Å². The molecular formula is C19H20FN5O2S. The Labute approximate surface area is 164 Å². The van der Waals surface area contributed by atoms with Crippen molar-refractivity contribution < 1.29 is 9.18 Å². The number of fused-ring (bicyclic) bond motifs is 1. The molecule has 0 spiro atoms. The highest BCUT2D eigenvalue weighted by atomic mass is 32.1. The SMILES string of the molecule is CC1CCCN(c2nc3ncn(CC(=O)Nc4ccccc4F)c(=O)c3s2)C1. The lowest BCUT2D eigenvalue weighted by molar-refractivity contribution is -0.116. The predicted octanol–water partition coefficient (Wildman–Crippen LogP) is 2.87. The van der Waals surface area contributed by atoms with Crippen LogP contribution >= 0.6 is 11.3 Å². The fraction of sp³-hybridized carbons (Fsp3) is 0.368. The smallest absolute Gasteiger partial charge is 0.273 e. The molecule has 1 atom stereocenters. The summed E-state index contributed by atoms with van der Waals surface area (Å²) in [5.41, 5.74) is 0.158. The van der Waals surface area contributed by atoms with Crippen LogP contribution in [0.3, 0.4) is 0 Å². The fourth-order valence-corrected chi connectivity index (χ4v) is 4.36. The Bertz CT molecular complexity index is 1080. The average molecular weight is 401 g/mol. The number of hydrogen-bond acceptors (Lipinski definition) is 6. The van der Waals surface area contributed by atoms with Gasteiger partial charge in [0.1, 0.15) is 23.4 Å². The number of halogens is 1. The molecule has 1 unspecified atom stereocenters. The molecule has 28 heavy (non-hydrogen) atoms. The van der Waals surface area contributed by atoms with E-state index >= 15 is 0 Å². The standard InChI is InChI=1S/C19H20FN5O2S/c1-12-5-4-8-24(9-12)19-23-17-16(28-19)18(27)25(11-21-17)10-15(26)22-14-7-3-2-6-13(14)20/h2-3,6-7,11-12H,4-5,8-10H2,1H3,(H,22,26). The first-order chi connectivity index (χ1) is 13.5. The van der Waals surface area contributed by atoms with Crippen molar-refractivity contribution >= 4 is 38.4 Å². The molecule has 1 aliphatic heterocycles. The number of carbonyl (C=O) groups excluding carboxylic acids is 1. The Morgan fingerprint density at radius 3 is 3.00 bits per heavy atom. The maximum atomic E-state index is 13.7. The third-order valence-corrected chi connectivity index (χ3v) is 5.86. The number of nitrogens with zero attached hydrogens (tertiary/aromatic N) is 4. The van der Waals surface area contributed by atoms with Gasteiger partial charge in [-0.15, -0.1) is 0 Å². The van der Waals surface area contributed by atoms with Crippen molar-refractivity contribution in [2.75, 3.05) is 23.3 Å². The second-order valence-electron chi connectivity index (χ2n) is 7.05. The Morgan fingerprint density at radius 2 is 2.21 bits per heavy atom. The Morgan fingerprint density at radius 1 is 1.39 bits per heavy atom. The van der Waals surface area contributed by atoms with Crippen molar-refractivity contribution in [1.82, 2.24) is 14.5 Å². The van der Waals surface area contributed by atoms with E-state index in [9.17, 15) is 14.0 Å². The predicted molar refractivity (Wildman–Crippen MR) is 107 cm³/mol. The van der Waals surface area contributed by atoms with Gasteiger partial charge in [0.05, 0.1) is 5.69 Å². The van der Waals surface area contributed by atoms with Gasteiger partial charge in [0.25, 0.3) is 5.56 Å². The van der Waals surface area contributed by atoms with E-state index in [0.29, 0.717) is 16.3 Å². The number of rotatable bonds is 4. The van der Waals surface area contributed by atoms with Gasteiger partial charge in [-0.25, -0.2) is 9.37 Å². The molecule has 7 nitrogen and oxygen atoms in total. The Balaban J connectivity index is 1.55. The van der Waals surface area contributed by atoms with Gasteiger partial charge >= 0.3 is 0 Å². The van der Waals surface area contributed by atoms with Crippen LogP contribution in [0.2, 0.25) is 0 Å². The summed E-state index contributed by atoms with van der Waals surface area (Å²) >= 11 is 1.31. The van der Waals surface area contributed by atoms with Crippen LogP contribution in [0.15, 0.2) is 35.4 Å². The van der Waals surface area contributed by atoms with Gasteiger partial charge in [-0.3, -0.25) is 14.2 Å². The van der Waals surface area contributed by atoms with E-state index in [2.05, 4.69) is 27.1 Å². The minimum absolute atomic E-state index is 0.0777. The Kier molecular flexibility index (Phi) is 5.08. The van der Waals surface area contributed by atoms with Crippen molar-refractivity contribution in [2.24, 2.45) is 5.92 Å². The molecule has 3 heterocycles. The number of hydrogen-bond donors (Lipinski definition) is 1. The largest absolute Gasteiger partial charge is 0.348 e. The van der Waals surface area contributed by atoms with E-state index in [0.717, 1.165) is 24.6 Å². The molecule has 146 valence electrons. The highest BCUT2D eigenvalue weighted by Crippen LogP contribution is 2.29. The topological polar surface area (TPSA) is 80.1 Å². The second kappa shape index (κ2) is 7.67. The first-order valence-electron chi connectivity index (χ1n) is 9.16. The molecule has 1 amide bonds. The molecule has 1 aromatic carbocycles. The molecule has 1 fully saturated rings. The molecular weight excluding hydrogens is 381 g/mol. The van der Waals surface area contributed by atoms with Crippen LogP contribution < -0.4 is 15.8 Å². The van der Waals surface area contributed by atoms with Crippen LogP contribution in [0.1, 0.15) is 19.8 Å². The molecule has 1 saturated heterocycles. The molecule has 1 aliphatic rings. The first kappa shape index (κ1) is 18.5. The van der Waals surface area contributed by atoms with E-state index in [1.807, 2.05) is 0 Å². The molecule has 4 rings (SSSR count). The highest BCUT2D eigenvalue weighted by Gasteiger charge is 2.21. The van der Waals surface area contributed by atoms with E-state index in [4.69, 9.17) is 0 Å². The molecule has 3 aromatic rings. The molecule has 0 aliphatic carbocycles. The number of benzene rings is 1. The summed E-state index contributed by atoms with van der Waals surface area (Å²) < 4.78 is 15.3. The van der Waals surface area contributed by atoms with Gasteiger partial charge in [-0.2, -0.15) is 4.98 Å². The van der Waals surface area contributed by atoms with E-state index in [1.165, 1.54) is 46.9 Å². The van der Waals surface area contributed by atoms with Gasteiger partial charge in [0.15, 0.2) is 10.8 Å². The van der Waals surface area contributed by atoms with Crippen LogP contribution in [-0.4, -0.2) is 33.5 Å². The number of carbonyl (C=O) groups is 1. The number of amides is 1. The summed E-state index contributed by atoms with van der Waals surface area (Å²) in [6, 6.07) is 5.89. The summed E-state index contributed by atoms with van der Waals surface area (Å²) in [6.07, 6.45) is 3.61. The van der Waals surface area contributed by atoms with E-state index in [1.54, 1.807) is 6.07 Å². The van der Waals surface area contributed by atoms with Gasteiger partial charge in [0, 0.05) is 13.1 Å². The maximum absolute atomic E-state index is 13.7. The van der Waals surface area contributed by atoms with Crippen LogP contribution in [0.4, 0.5) is 15.2 Å². The van der Waals surface area contributed by atoms with E-state index < -0.39 is 11.7 Å². The average Bonchev–Trinajstić information content (AvgIpc) is 3.11. The van der Waals surface area contributed by atoms with Crippen molar-refractivity contribution in [3.05, 3.63) is 46.8 Å². The van der Waals surface area contributed by atoms with Crippen LogP contribution in [0.25, 0.3) is 10.3 Å². The van der Waals surface area contributed by atoms with Crippen molar-refractivity contribution in [3.8, 4) is 0 Å². The lowest BCUT2D eigenvalue weighted by Crippen LogP contribution is -2.34. The molecule has 9 heteroatoms. The molecule has 2 aromatic heterocycles. The quantitative estimate of drug-likeness (QED) is 0.727. The van der Waals surface area contributed by atoms with Gasteiger partial charge in [-0.1, -0.05) is 30.4 Å². The van der Waals surface area contributed by atoms with Crippen LogP contribution in [-0.2, 0) is 11.3 Å². The Hall–Kier alpha value is -2.81.